The van der Waals surface area contributed by atoms with Gasteiger partial charge in [0.25, 0.3) is 10.2 Å². The van der Waals surface area contributed by atoms with E-state index in [1.807, 2.05) is 30.3 Å². The molecule has 0 saturated carbocycles. The van der Waals surface area contributed by atoms with Gasteiger partial charge in [0, 0.05) is 13.1 Å². The Morgan fingerprint density at radius 3 is 2.48 bits per heavy atom. The molecule has 1 fully saturated rings. The maximum absolute atomic E-state index is 12.4. The zero-order valence-corrected chi connectivity index (χ0v) is 13.2. The summed E-state index contributed by atoms with van der Waals surface area (Å²) < 4.78 is 28.8. The summed E-state index contributed by atoms with van der Waals surface area (Å²) in [5.41, 5.74) is 1.01. The first-order valence-electron chi connectivity index (χ1n) is 7.43. The van der Waals surface area contributed by atoms with E-state index in [2.05, 4.69) is 11.6 Å². The Morgan fingerprint density at radius 1 is 1.29 bits per heavy atom. The van der Waals surface area contributed by atoms with Crippen LogP contribution in [0.15, 0.2) is 30.3 Å². The molecule has 2 rings (SSSR count). The molecule has 2 N–H and O–H groups in total. The molecule has 0 aliphatic carbocycles. The number of nitrogens with one attached hydrogen (secondary N) is 1. The van der Waals surface area contributed by atoms with Gasteiger partial charge in [-0.05, 0) is 30.7 Å². The molecule has 6 heteroatoms. The zero-order chi connectivity index (χ0) is 15.3. The van der Waals surface area contributed by atoms with Gasteiger partial charge in [-0.25, -0.2) is 0 Å². The summed E-state index contributed by atoms with van der Waals surface area (Å²) >= 11 is 0. The summed E-state index contributed by atoms with van der Waals surface area (Å²) in [4.78, 5) is 0. The molecule has 0 aromatic heterocycles. The van der Waals surface area contributed by atoms with Crippen molar-refractivity contribution in [3.05, 3.63) is 35.9 Å². The van der Waals surface area contributed by atoms with Crippen molar-refractivity contribution in [2.24, 2.45) is 5.92 Å². The van der Waals surface area contributed by atoms with Crippen molar-refractivity contribution in [1.82, 2.24) is 9.03 Å². The van der Waals surface area contributed by atoms with E-state index in [9.17, 15) is 13.5 Å². The summed E-state index contributed by atoms with van der Waals surface area (Å²) in [7, 11) is -3.51. The van der Waals surface area contributed by atoms with E-state index in [0.29, 0.717) is 25.4 Å². The summed E-state index contributed by atoms with van der Waals surface area (Å²) in [6.45, 7) is 3.04. The van der Waals surface area contributed by atoms with E-state index in [4.69, 9.17) is 0 Å². The summed E-state index contributed by atoms with van der Waals surface area (Å²) in [6, 6.07) is 9.10. The molecule has 1 atom stereocenters. The number of aliphatic hydroxyl groups is 1. The van der Waals surface area contributed by atoms with E-state index in [0.717, 1.165) is 18.4 Å². The SMILES string of the molecule is CC1CCN(S(=O)(=O)NC(CO)Cc2ccccc2)CC1. The quantitative estimate of drug-likeness (QED) is 0.828. The van der Waals surface area contributed by atoms with Gasteiger partial charge in [0.1, 0.15) is 0 Å². The van der Waals surface area contributed by atoms with Crippen LogP contribution in [0.4, 0.5) is 0 Å². The Kier molecular flexibility index (Phi) is 5.75. The molecule has 0 spiro atoms. The van der Waals surface area contributed by atoms with E-state index >= 15 is 0 Å². The molecule has 5 nitrogen and oxygen atoms in total. The van der Waals surface area contributed by atoms with Crippen LogP contribution in [0, 0.1) is 5.92 Å². The minimum absolute atomic E-state index is 0.210. The molecule has 0 amide bonds. The minimum Gasteiger partial charge on any atom is -0.395 e. The largest absolute Gasteiger partial charge is 0.395 e. The lowest BCUT2D eigenvalue weighted by atomic mass is 10.0. The predicted octanol–water partition coefficient (Wildman–Crippen LogP) is 1.16. The average Bonchev–Trinajstić information content (AvgIpc) is 2.48. The summed E-state index contributed by atoms with van der Waals surface area (Å²) in [6.07, 6.45) is 2.27. The molecule has 0 bridgehead atoms. The van der Waals surface area contributed by atoms with Gasteiger partial charge in [0.2, 0.25) is 0 Å². The third-order valence-corrected chi connectivity index (χ3v) is 5.62. The smallest absolute Gasteiger partial charge is 0.279 e. The second kappa shape index (κ2) is 7.35. The van der Waals surface area contributed by atoms with Gasteiger partial charge in [-0.2, -0.15) is 17.4 Å². The van der Waals surface area contributed by atoms with Crippen LogP contribution in [0.3, 0.4) is 0 Å². The highest BCUT2D eigenvalue weighted by atomic mass is 32.2. The second-order valence-electron chi connectivity index (χ2n) is 5.77. The molecular weight excluding hydrogens is 288 g/mol. The number of aliphatic hydroxyl groups excluding tert-OH is 1. The van der Waals surface area contributed by atoms with Gasteiger partial charge in [-0.3, -0.25) is 0 Å². The highest BCUT2D eigenvalue weighted by Crippen LogP contribution is 2.18. The van der Waals surface area contributed by atoms with Crippen LogP contribution in [0.25, 0.3) is 0 Å². The van der Waals surface area contributed by atoms with E-state index in [1.165, 1.54) is 4.31 Å². The fourth-order valence-electron chi connectivity index (χ4n) is 2.55. The van der Waals surface area contributed by atoms with Crippen LogP contribution in [0.1, 0.15) is 25.3 Å². The van der Waals surface area contributed by atoms with Crippen LogP contribution in [0.2, 0.25) is 0 Å². The molecule has 1 aliphatic rings. The Morgan fingerprint density at radius 2 is 1.90 bits per heavy atom. The Bertz CT molecular complexity index is 525. The van der Waals surface area contributed by atoms with Crippen LogP contribution < -0.4 is 4.72 Å². The van der Waals surface area contributed by atoms with Crippen molar-refractivity contribution in [1.29, 1.82) is 0 Å². The first-order chi connectivity index (χ1) is 10.0. The fraction of sp³-hybridized carbons (Fsp3) is 0.600. The van der Waals surface area contributed by atoms with Gasteiger partial charge in [0.05, 0.1) is 12.6 Å². The average molecular weight is 312 g/mol. The summed E-state index contributed by atoms with van der Waals surface area (Å²) in [5, 5.41) is 9.45. The van der Waals surface area contributed by atoms with E-state index in [1.54, 1.807) is 0 Å². The van der Waals surface area contributed by atoms with Crippen LogP contribution in [0.5, 0.6) is 0 Å². The molecule has 1 saturated heterocycles. The Labute approximate surface area is 127 Å². The number of piperidine rings is 1. The Hall–Kier alpha value is -0.950. The predicted molar refractivity (Wildman–Crippen MR) is 83.0 cm³/mol. The van der Waals surface area contributed by atoms with Gasteiger partial charge >= 0.3 is 0 Å². The molecule has 1 aliphatic heterocycles. The topological polar surface area (TPSA) is 69.6 Å². The number of hydrogen-bond acceptors (Lipinski definition) is 3. The van der Waals surface area contributed by atoms with Crippen molar-refractivity contribution < 1.29 is 13.5 Å². The lowest BCUT2D eigenvalue weighted by Crippen LogP contribution is -2.49. The number of hydrogen-bond donors (Lipinski definition) is 2. The minimum atomic E-state index is -3.51. The van der Waals surface area contributed by atoms with Crippen LogP contribution in [-0.2, 0) is 16.6 Å². The number of nitrogens with zero attached hydrogens (tertiary/aromatic N) is 1. The second-order valence-corrected chi connectivity index (χ2v) is 7.48. The van der Waals surface area contributed by atoms with Gasteiger partial charge in [-0.15, -0.1) is 0 Å². The van der Waals surface area contributed by atoms with Gasteiger partial charge in [0.15, 0.2) is 0 Å². The highest BCUT2D eigenvalue weighted by molar-refractivity contribution is 7.87. The van der Waals surface area contributed by atoms with Crippen LogP contribution in [-0.4, -0.2) is 43.6 Å². The maximum Gasteiger partial charge on any atom is 0.279 e. The third-order valence-electron chi connectivity index (χ3n) is 3.94. The molecule has 1 unspecified atom stereocenters. The van der Waals surface area contributed by atoms with Crippen molar-refractivity contribution in [2.45, 2.75) is 32.2 Å². The highest BCUT2D eigenvalue weighted by Gasteiger charge is 2.28. The van der Waals surface area contributed by atoms with Crippen molar-refractivity contribution in [2.75, 3.05) is 19.7 Å². The van der Waals surface area contributed by atoms with Crippen molar-refractivity contribution in [3.8, 4) is 0 Å². The first kappa shape index (κ1) is 16.4. The molecule has 1 aromatic rings. The number of rotatable bonds is 6. The third kappa shape index (κ3) is 4.78. The summed E-state index contributed by atoms with van der Waals surface area (Å²) in [5.74, 6) is 0.578. The molecule has 0 radical (unpaired) electrons. The standard InChI is InChI=1S/C15H24N2O3S/c1-13-7-9-17(10-8-13)21(19,20)16-15(12-18)11-14-5-3-2-4-6-14/h2-6,13,15-16,18H,7-12H2,1H3. The molecule has 118 valence electrons. The van der Waals surface area contributed by atoms with Crippen molar-refractivity contribution in [3.63, 3.8) is 0 Å². The molecule has 1 heterocycles. The van der Waals surface area contributed by atoms with Crippen LogP contribution >= 0.6 is 0 Å². The van der Waals surface area contributed by atoms with Gasteiger partial charge in [-0.1, -0.05) is 37.3 Å². The lowest BCUT2D eigenvalue weighted by Gasteiger charge is -2.30. The monoisotopic (exact) mass is 312 g/mol. The van der Waals surface area contributed by atoms with E-state index < -0.39 is 16.3 Å². The molecule has 21 heavy (non-hydrogen) atoms. The first-order valence-corrected chi connectivity index (χ1v) is 8.87. The zero-order valence-electron chi connectivity index (χ0n) is 12.4. The molecular formula is C15H24N2O3S. The van der Waals surface area contributed by atoms with Crippen molar-refractivity contribution >= 4 is 10.2 Å². The van der Waals surface area contributed by atoms with Gasteiger partial charge < -0.3 is 5.11 Å². The molecule has 1 aromatic carbocycles. The normalized spacial score (nSPS) is 19.5. The maximum atomic E-state index is 12.4. The van der Waals surface area contributed by atoms with E-state index in [-0.39, 0.29) is 6.61 Å². The fourth-order valence-corrected chi connectivity index (χ4v) is 3.97. The number of benzene rings is 1. The lowest BCUT2D eigenvalue weighted by molar-refractivity contribution is 0.247. The Balaban J connectivity index is 1.97.